The summed E-state index contributed by atoms with van der Waals surface area (Å²) in [4.78, 5) is 0. The van der Waals surface area contributed by atoms with Crippen LogP contribution in [0.5, 0.6) is 0 Å². The molecule has 0 radical (unpaired) electrons. The van der Waals surface area contributed by atoms with Crippen LogP contribution in [0.2, 0.25) is 0 Å². The van der Waals surface area contributed by atoms with Crippen LogP contribution in [0.25, 0.3) is 0 Å². The number of hydrogen-bond donors (Lipinski definition) is 0. The van der Waals surface area contributed by atoms with Gasteiger partial charge in [-0.1, -0.05) is 90.2 Å². The van der Waals surface area contributed by atoms with Crippen molar-refractivity contribution in [3.63, 3.8) is 0 Å². The topological polar surface area (TPSA) is 0 Å². The molecule has 0 heterocycles. The Kier molecular flexibility index (Phi) is 9.39. The van der Waals surface area contributed by atoms with E-state index in [1.807, 2.05) is 0 Å². The molecule has 0 aliphatic heterocycles. The first-order chi connectivity index (χ1) is 11.3. The Labute approximate surface area is 146 Å². The van der Waals surface area contributed by atoms with Crippen LogP contribution in [0.4, 0.5) is 0 Å². The van der Waals surface area contributed by atoms with Crippen LogP contribution in [-0.2, 0) is 0 Å². The maximum Gasteiger partial charge on any atom is -0.0233 e. The summed E-state index contributed by atoms with van der Waals surface area (Å²) in [7, 11) is 0. The van der Waals surface area contributed by atoms with Gasteiger partial charge in [-0.25, -0.2) is 0 Å². The lowest BCUT2D eigenvalue weighted by molar-refractivity contribution is 0.246. The van der Waals surface area contributed by atoms with Gasteiger partial charge >= 0.3 is 0 Å². The van der Waals surface area contributed by atoms with Crippen LogP contribution in [0.3, 0.4) is 0 Å². The molecule has 0 bridgehead atoms. The predicted molar refractivity (Wildman–Crippen MR) is 104 cm³/mol. The van der Waals surface area contributed by atoms with E-state index in [1.54, 1.807) is 0 Å². The molecule has 0 aromatic carbocycles. The van der Waals surface area contributed by atoms with Gasteiger partial charge in [-0.2, -0.15) is 0 Å². The molecule has 0 nitrogen and oxygen atoms in total. The Morgan fingerprint density at radius 1 is 0.696 bits per heavy atom. The summed E-state index contributed by atoms with van der Waals surface area (Å²) in [6.45, 7) is 4.65. The molecule has 2 aliphatic rings. The van der Waals surface area contributed by atoms with Gasteiger partial charge in [-0.15, -0.1) is 0 Å². The largest absolute Gasteiger partial charge is 0.0883 e. The molecule has 0 aromatic heterocycles. The van der Waals surface area contributed by atoms with E-state index < -0.39 is 0 Å². The highest BCUT2D eigenvalue weighted by molar-refractivity contribution is 4.90. The number of unbranched alkanes of at least 4 members (excludes halogenated alkanes) is 2. The van der Waals surface area contributed by atoms with Gasteiger partial charge in [-0.05, 0) is 55.8 Å². The van der Waals surface area contributed by atoms with Gasteiger partial charge in [0.1, 0.15) is 0 Å². The zero-order valence-electron chi connectivity index (χ0n) is 16.1. The second kappa shape index (κ2) is 11.3. The van der Waals surface area contributed by atoms with Crippen molar-refractivity contribution >= 4 is 0 Å². The Morgan fingerprint density at radius 3 is 1.74 bits per heavy atom. The highest BCUT2D eigenvalue weighted by Crippen LogP contribution is 2.35. The van der Waals surface area contributed by atoms with Crippen LogP contribution < -0.4 is 0 Å². The van der Waals surface area contributed by atoms with E-state index in [2.05, 4.69) is 26.0 Å². The second-order valence-corrected chi connectivity index (χ2v) is 8.58. The first kappa shape index (κ1) is 19.1. The van der Waals surface area contributed by atoms with Crippen molar-refractivity contribution in [1.29, 1.82) is 0 Å². The van der Waals surface area contributed by atoms with Crippen LogP contribution in [0.1, 0.15) is 110 Å². The minimum Gasteiger partial charge on any atom is -0.0883 e. The molecule has 2 saturated carbocycles. The van der Waals surface area contributed by atoms with Gasteiger partial charge in [0.05, 0.1) is 0 Å². The first-order valence-corrected chi connectivity index (χ1v) is 11.0. The molecule has 2 rings (SSSR count). The Hall–Kier alpha value is -0.260. The predicted octanol–water partition coefficient (Wildman–Crippen LogP) is 7.93. The lowest BCUT2D eigenvalue weighted by atomic mass is 9.77. The third kappa shape index (κ3) is 7.44. The van der Waals surface area contributed by atoms with Crippen molar-refractivity contribution in [2.45, 2.75) is 110 Å². The average molecular weight is 319 g/mol. The fourth-order valence-electron chi connectivity index (χ4n) is 4.92. The first-order valence-electron chi connectivity index (χ1n) is 11.0. The molecule has 0 N–H and O–H groups in total. The lowest BCUT2D eigenvalue weighted by Gasteiger charge is -2.28. The summed E-state index contributed by atoms with van der Waals surface area (Å²) in [6.07, 6.45) is 27.1. The maximum atomic E-state index is 2.52. The minimum absolute atomic E-state index is 0.909. The third-order valence-corrected chi connectivity index (χ3v) is 6.77. The van der Waals surface area contributed by atoms with Gasteiger partial charge in [-0.3, -0.25) is 0 Å². The Balaban J connectivity index is 1.48. The molecule has 0 spiro atoms. The minimum atomic E-state index is 0.909. The molecule has 0 unspecified atom stereocenters. The van der Waals surface area contributed by atoms with E-state index in [0.717, 1.165) is 23.7 Å². The molecule has 0 saturated heterocycles. The van der Waals surface area contributed by atoms with Crippen molar-refractivity contribution in [2.24, 2.45) is 23.7 Å². The standard InChI is InChI=1S/C23H42/c1-3-5-6-9-21-16-18-23(19-17-21)11-8-7-10-22-14-12-20(4-2)13-15-22/h6,9,20-23H,3-5,7-8,10-19H2,1-2H3/b9-6+. The monoisotopic (exact) mass is 318 g/mol. The Bertz CT molecular complexity index is 300. The van der Waals surface area contributed by atoms with Crippen molar-refractivity contribution in [2.75, 3.05) is 0 Å². The van der Waals surface area contributed by atoms with E-state index in [0.29, 0.717) is 0 Å². The van der Waals surface area contributed by atoms with Gasteiger partial charge < -0.3 is 0 Å². The Morgan fingerprint density at radius 2 is 1.22 bits per heavy atom. The summed E-state index contributed by atoms with van der Waals surface area (Å²) in [6, 6.07) is 0. The third-order valence-electron chi connectivity index (χ3n) is 6.77. The van der Waals surface area contributed by atoms with Crippen LogP contribution in [0.15, 0.2) is 12.2 Å². The number of hydrogen-bond acceptors (Lipinski definition) is 0. The van der Waals surface area contributed by atoms with E-state index in [1.165, 1.54) is 96.3 Å². The van der Waals surface area contributed by atoms with Gasteiger partial charge in [0.15, 0.2) is 0 Å². The molecule has 2 aliphatic carbocycles. The molecule has 2 fully saturated rings. The fourth-order valence-corrected chi connectivity index (χ4v) is 4.92. The van der Waals surface area contributed by atoms with Crippen LogP contribution in [-0.4, -0.2) is 0 Å². The van der Waals surface area contributed by atoms with Gasteiger partial charge in [0.25, 0.3) is 0 Å². The quantitative estimate of drug-likeness (QED) is 0.299. The molecular weight excluding hydrogens is 276 g/mol. The van der Waals surface area contributed by atoms with E-state index >= 15 is 0 Å². The fraction of sp³-hybridized carbons (Fsp3) is 0.913. The summed E-state index contributed by atoms with van der Waals surface area (Å²) < 4.78 is 0. The molecule has 0 amide bonds. The SMILES string of the molecule is CCC/C=C/C1CCC(CCCCC2CCC(CC)CC2)CC1. The lowest BCUT2D eigenvalue weighted by Crippen LogP contribution is -2.14. The van der Waals surface area contributed by atoms with E-state index in [9.17, 15) is 0 Å². The molecule has 134 valence electrons. The zero-order chi connectivity index (χ0) is 16.3. The molecule has 0 atom stereocenters. The van der Waals surface area contributed by atoms with E-state index in [4.69, 9.17) is 0 Å². The smallest absolute Gasteiger partial charge is 0.0233 e. The highest BCUT2D eigenvalue weighted by Gasteiger charge is 2.21. The van der Waals surface area contributed by atoms with Gasteiger partial charge in [0, 0.05) is 0 Å². The van der Waals surface area contributed by atoms with Crippen molar-refractivity contribution in [3.8, 4) is 0 Å². The molecule has 23 heavy (non-hydrogen) atoms. The summed E-state index contributed by atoms with van der Waals surface area (Å²) in [5.41, 5.74) is 0. The summed E-state index contributed by atoms with van der Waals surface area (Å²) in [5, 5.41) is 0. The van der Waals surface area contributed by atoms with Gasteiger partial charge in [0.2, 0.25) is 0 Å². The number of rotatable bonds is 9. The highest BCUT2D eigenvalue weighted by atomic mass is 14.3. The molecule has 0 heteroatoms. The molecular formula is C23H42. The summed E-state index contributed by atoms with van der Waals surface area (Å²) in [5.74, 6) is 4.11. The van der Waals surface area contributed by atoms with E-state index in [-0.39, 0.29) is 0 Å². The van der Waals surface area contributed by atoms with Crippen LogP contribution >= 0.6 is 0 Å². The van der Waals surface area contributed by atoms with Crippen molar-refractivity contribution in [3.05, 3.63) is 12.2 Å². The van der Waals surface area contributed by atoms with Crippen molar-refractivity contribution < 1.29 is 0 Å². The van der Waals surface area contributed by atoms with Crippen LogP contribution in [0, 0.1) is 23.7 Å². The zero-order valence-corrected chi connectivity index (χ0v) is 16.1. The average Bonchev–Trinajstić information content (AvgIpc) is 2.61. The summed E-state index contributed by atoms with van der Waals surface area (Å²) >= 11 is 0. The van der Waals surface area contributed by atoms with Crippen molar-refractivity contribution in [1.82, 2.24) is 0 Å². The maximum absolute atomic E-state index is 2.52. The number of allylic oxidation sites excluding steroid dienone is 2. The molecule has 0 aromatic rings. The normalized spacial score (nSPS) is 32.4. The second-order valence-electron chi connectivity index (χ2n) is 8.58.